The SMILES string of the molecule is COc1ccc(-c2nc(C3CC(=O)N(c4ccc5c(c4)OCCO5)C3)no2)cc1OC. The molecule has 2 aliphatic rings. The Morgan fingerprint density at radius 2 is 1.81 bits per heavy atom. The van der Waals surface area contributed by atoms with E-state index in [1.54, 1.807) is 31.3 Å². The molecule has 2 aromatic carbocycles. The molecule has 0 aliphatic carbocycles. The van der Waals surface area contributed by atoms with E-state index in [1.165, 1.54) is 0 Å². The van der Waals surface area contributed by atoms with Crippen LogP contribution in [0, 0.1) is 0 Å². The summed E-state index contributed by atoms with van der Waals surface area (Å²) in [5.41, 5.74) is 1.48. The fourth-order valence-corrected chi connectivity index (χ4v) is 3.82. The quantitative estimate of drug-likeness (QED) is 0.618. The lowest BCUT2D eigenvalue weighted by Crippen LogP contribution is -2.25. The Labute approximate surface area is 178 Å². The van der Waals surface area contributed by atoms with Crippen LogP contribution >= 0.6 is 0 Å². The molecule has 2 aliphatic heterocycles. The van der Waals surface area contributed by atoms with Crippen molar-refractivity contribution in [2.75, 3.05) is 38.9 Å². The Bertz CT molecular complexity index is 1130. The summed E-state index contributed by atoms with van der Waals surface area (Å²) in [6.45, 7) is 1.48. The van der Waals surface area contributed by atoms with Crippen molar-refractivity contribution in [1.82, 2.24) is 10.1 Å². The van der Waals surface area contributed by atoms with Crippen LogP contribution in [0.15, 0.2) is 40.9 Å². The normalized spacial score (nSPS) is 17.7. The summed E-state index contributed by atoms with van der Waals surface area (Å²) in [5, 5.41) is 4.12. The Morgan fingerprint density at radius 1 is 1.00 bits per heavy atom. The van der Waals surface area contributed by atoms with Crippen LogP contribution in [0.1, 0.15) is 18.2 Å². The molecule has 1 atom stereocenters. The van der Waals surface area contributed by atoms with Crippen LogP contribution in [-0.2, 0) is 4.79 Å². The van der Waals surface area contributed by atoms with Crippen LogP contribution in [0.25, 0.3) is 11.5 Å². The van der Waals surface area contributed by atoms with Gasteiger partial charge in [-0.2, -0.15) is 4.98 Å². The molecule has 1 amide bonds. The van der Waals surface area contributed by atoms with Crippen LogP contribution in [0.4, 0.5) is 5.69 Å². The zero-order chi connectivity index (χ0) is 21.4. The van der Waals surface area contributed by atoms with Crippen LogP contribution in [0.3, 0.4) is 0 Å². The molecule has 31 heavy (non-hydrogen) atoms. The van der Waals surface area contributed by atoms with Gasteiger partial charge in [-0.3, -0.25) is 4.79 Å². The van der Waals surface area contributed by atoms with Gasteiger partial charge in [0.05, 0.1) is 14.2 Å². The molecule has 3 heterocycles. The minimum absolute atomic E-state index is 0.000792. The third-order valence-corrected chi connectivity index (χ3v) is 5.40. The maximum atomic E-state index is 12.7. The largest absolute Gasteiger partial charge is 0.493 e. The molecule has 0 saturated carbocycles. The second-order valence-corrected chi connectivity index (χ2v) is 7.26. The summed E-state index contributed by atoms with van der Waals surface area (Å²) in [6, 6.07) is 10.9. The van der Waals surface area contributed by atoms with Gasteiger partial charge in [-0.15, -0.1) is 0 Å². The number of ether oxygens (including phenoxy) is 4. The van der Waals surface area contributed by atoms with Gasteiger partial charge in [0.1, 0.15) is 13.2 Å². The maximum absolute atomic E-state index is 12.7. The van der Waals surface area contributed by atoms with E-state index in [0.717, 1.165) is 5.69 Å². The molecule has 5 rings (SSSR count). The van der Waals surface area contributed by atoms with Gasteiger partial charge in [0.15, 0.2) is 28.8 Å². The fraction of sp³-hybridized carbons (Fsp3) is 0.318. The molecule has 9 heteroatoms. The van der Waals surface area contributed by atoms with Gasteiger partial charge in [0.25, 0.3) is 5.89 Å². The molecule has 0 radical (unpaired) electrons. The van der Waals surface area contributed by atoms with Gasteiger partial charge in [-0.25, -0.2) is 0 Å². The van der Waals surface area contributed by atoms with Gasteiger partial charge in [-0.05, 0) is 30.3 Å². The first-order valence-corrected chi connectivity index (χ1v) is 9.92. The van der Waals surface area contributed by atoms with Crippen molar-refractivity contribution in [3.63, 3.8) is 0 Å². The number of fused-ring (bicyclic) bond motifs is 1. The number of carbonyl (C=O) groups excluding carboxylic acids is 1. The molecule has 0 spiro atoms. The second kappa shape index (κ2) is 7.82. The Kier molecular flexibility index (Phi) is 4.85. The zero-order valence-corrected chi connectivity index (χ0v) is 17.2. The molecule has 160 valence electrons. The Hall–Kier alpha value is -3.75. The fourth-order valence-electron chi connectivity index (χ4n) is 3.82. The van der Waals surface area contributed by atoms with Crippen molar-refractivity contribution in [3.8, 4) is 34.5 Å². The van der Waals surface area contributed by atoms with Crippen molar-refractivity contribution in [3.05, 3.63) is 42.2 Å². The third-order valence-electron chi connectivity index (χ3n) is 5.40. The van der Waals surface area contributed by atoms with Crippen LogP contribution < -0.4 is 23.8 Å². The molecule has 9 nitrogen and oxygen atoms in total. The van der Waals surface area contributed by atoms with Crippen molar-refractivity contribution < 1.29 is 28.3 Å². The first-order chi connectivity index (χ1) is 15.2. The van der Waals surface area contributed by atoms with Crippen LogP contribution in [-0.4, -0.2) is 50.0 Å². The van der Waals surface area contributed by atoms with Crippen molar-refractivity contribution in [1.29, 1.82) is 0 Å². The van der Waals surface area contributed by atoms with E-state index in [9.17, 15) is 4.79 Å². The topological polar surface area (TPSA) is 96.2 Å². The van der Waals surface area contributed by atoms with E-state index < -0.39 is 0 Å². The number of carbonyl (C=O) groups is 1. The molecule has 1 saturated heterocycles. The van der Waals surface area contributed by atoms with Gasteiger partial charge in [0.2, 0.25) is 5.91 Å². The molecule has 0 bridgehead atoms. The first-order valence-electron chi connectivity index (χ1n) is 9.92. The summed E-state index contributed by atoms with van der Waals surface area (Å²) in [6.07, 6.45) is 0.305. The number of methoxy groups -OCH3 is 2. The third kappa shape index (κ3) is 3.52. The number of anilines is 1. The molecular weight excluding hydrogens is 402 g/mol. The predicted octanol–water partition coefficient (Wildman–Crippen LogP) is 3.05. The lowest BCUT2D eigenvalue weighted by atomic mass is 10.1. The van der Waals surface area contributed by atoms with E-state index in [1.807, 2.05) is 24.3 Å². The van der Waals surface area contributed by atoms with E-state index in [4.69, 9.17) is 23.5 Å². The monoisotopic (exact) mass is 423 g/mol. The Morgan fingerprint density at radius 3 is 2.61 bits per heavy atom. The van der Waals surface area contributed by atoms with Crippen molar-refractivity contribution in [2.45, 2.75) is 12.3 Å². The van der Waals surface area contributed by atoms with Crippen molar-refractivity contribution in [2.24, 2.45) is 0 Å². The molecule has 1 unspecified atom stereocenters. The molecule has 0 N–H and O–H groups in total. The van der Waals surface area contributed by atoms with Crippen LogP contribution in [0.2, 0.25) is 0 Å². The first kappa shape index (κ1) is 19.2. The smallest absolute Gasteiger partial charge is 0.258 e. The summed E-state index contributed by atoms with van der Waals surface area (Å²) in [5.74, 6) is 3.21. The average Bonchev–Trinajstić information content (AvgIpc) is 3.45. The van der Waals surface area contributed by atoms with E-state index in [2.05, 4.69) is 10.1 Å². The van der Waals surface area contributed by atoms with Gasteiger partial charge < -0.3 is 28.4 Å². The standard InChI is InChI=1S/C22H21N3O6/c1-27-16-5-3-13(9-18(16)28-2)22-23-21(24-31-22)14-10-20(26)25(12-14)15-4-6-17-19(11-15)30-8-7-29-17/h3-6,9,11,14H,7-8,10,12H2,1-2H3. The lowest BCUT2D eigenvalue weighted by Gasteiger charge is -2.22. The number of hydrogen-bond acceptors (Lipinski definition) is 8. The van der Waals surface area contributed by atoms with Crippen LogP contribution in [0.5, 0.6) is 23.0 Å². The number of aromatic nitrogens is 2. The highest BCUT2D eigenvalue weighted by Gasteiger charge is 2.35. The van der Waals surface area contributed by atoms with Gasteiger partial charge in [0, 0.05) is 36.2 Å². The molecule has 1 aromatic heterocycles. The van der Waals surface area contributed by atoms with E-state index in [0.29, 0.717) is 66.5 Å². The molecular formula is C22H21N3O6. The summed E-state index contributed by atoms with van der Waals surface area (Å²) in [7, 11) is 3.14. The zero-order valence-electron chi connectivity index (χ0n) is 17.2. The van der Waals surface area contributed by atoms with Gasteiger partial charge in [-0.1, -0.05) is 5.16 Å². The summed E-state index contributed by atoms with van der Waals surface area (Å²) in [4.78, 5) is 18.9. The highest BCUT2D eigenvalue weighted by molar-refractivity contribution is 5.96. The predicted molar refractivity (Wildman–Crippen MR) is 110 cm³/mol. The average molecular weight is 423 g/mol. The van der Waals surface area contributed by atoms with E-state index in [-0.39, 0.29) is 11.8 Å². The number of rotatable bonds is 5. The maximum Gasteiger partial charge on any atom is 0.258 e. The van der Waals surface area contributed by atoms with E-state index >= 15 is 0 Å². The minimum Gasteiger partial charge on any atom is -0.493 e. The number of amides is 1. The number of benzene rings is 2. The minimum atomic E-state index is -0.168. The molecule has 1 fully saturated rings. The Balaban J connectivity index is 1.36. The number of hydrogen-bond donors (Lipinski definition) is 0. The summed E-state index contributed by atoms with van der Waals surface area (Å²) < 4.78 is 27.3. The van der Waals surface area contributed by atoms with Gasteiger partial charge >= 0.3 is 0 Å². The molecule has 3 aromatic rings. The lowest BCUT2D eigenvalue weighted by molar-refractivity contribution is -0.117. The second-order valence-electron chi connectivity index (χ2n) is 7.26. The van der Waals surface area contributed by atoms with Crippen molar-refractivity contribution >= 4 is 11.6 Å². The highest BCUT2D eigenvalue weighted by Crippen LogP contribution is 2.38. The highest BCUT2D eigenvalue weighted by atomic mass is 16.6. The number of nitrogens with zero attached hydrogens (tertiary/aromatic N) is 3. The summed E-state index contributed by atoms with van der Waals surface area (Å²) >= 11 is 0.